The molecule has 35 heavy (non-hydrogen) atoms. The Morgan fingerprint density at radius 2 is 1.83 bits per heavy atom. The van der Waals surface area contributed by atoms with E-state index in [4.69, 9.17) is 4.74 Å². The molecule has 0 unspecified atom stereocenters. The predicted octanol–water partition coefficient (Wildman–Crippen LogP) is 6.03. The van der Waals surface area contributed by atoms with Crippen LogP contribution in [0.4, 0.5) is 4.39 Å². The lowest BCUT2D eigenvalue weighted by atomic mass is 9.72. The highest BCUT2D eigenvalue weighted by Crippen LogP contribution is 2.46. The fourth-order valence-electron chi connectivity index (χ4n) is 5.01. The number of allylic oxidation sites excluding steroid dienone is 3. The maximum Gasteiger partial charge on any atom is 0.336 e. The van der Waals surface area contributed by atoms with Gasteiger partial charge in [-0.25, -0.2) is 9.18 Å². The van der Waals surface area contributed by atoms with Gasteiger partial charge < -0.3 is 10.1 Å². The molecular formula is C29H26FNO3S. The Balaban J connectivity index is 1.46. The van der Waals surface area contributed by atoms with Gasteiger partial charge in [0.05, 0.1) is 12.2 Å². The predicted molar refractivity (Wildman–Crippen MR) is 134 cm³/mol. The number of ether oxygens (including phenoxy) is 1. The second-order valence-corrected chi connectivity index (χ2v) is 9.94. The Bertz CT molecular complexity index is 1290. The van der Waals surface area contributed by atoms with Crippen molar-refractivity contribution in [2.24, 2.45) is 0 Å². The number of dihydropyridines is 1. The first kappa shape index (κ1) is 23.2. The minimum Gasteiger partial charge on any atom is -0.462 e. The van der Waals surface area contributed by atoms with Crippen LogP contribution in [-0.4, -0.2) is 18.4 Å². The average molecular weight is 488 g/mol. The molecule has 5 rings (SSSR count). The number of ketones is 1. The summed E-state index contributed by atoms with van der Waals surface area (Å²) in [6.07, 6.45) is 1.67. The molecule has 2 aromatic carbocycles. The molecule has 2 aliphatic rings. The van der Waals surface area contributed by atoms with E-state index in [1.165, 1.54) is 17.0 Å². The van der Waals surface area contributed by atoms with Gasteiger partial charge in [-0.3, -0.25) is 4.79 Å². The summed E-state index contributed by atoms with van der Waals surface area (Å²) in [5.74, 6) is -1.30. The number of nitrogens with one attached hydrogen (secondary N) is 1. The second kappa shape index (κ2) is 10.0. The molecule has 2 atom stereocenters. The fourth-order valence-corrected chi connectivity index (χ4v) is 5.84. The molecular weight excluding hydrogens is 461 g/mol. The molecule has 2 heterocycles. The van der Waals surface area contributed by atoms with E-state index >= 15 is 0 Å². The summed E-state index contributed by atoms with van der Waals surface area (Å²) < 4.78 is 19.4. The normalized spacial score (nSPS) is 19.9. The zero-order valence-corrected chi connectivity index (χ0v) is 20.2. The minimum absolute atomic E-state index is 0.00793. The monoisotopic (exact) mass is 487 g/mol. The Morgan fingerprint density at radius 1 is 1.06 bits per heavy atom. The number of rotatable bonds is 6. The van der Waals surface area contributed by atoms with Crippen molar-refractivity contribution < 1.29 is 18.7 Å². The number of esters is 1. The Hall–Kier alpha value is -3.51. The molecule has 1 aliphatic carbocycles. The highest BCUT2D eigenvalue weighted by molar-refractivity contribution is 7.10. The van der Waals surface area contributed by atoms with Crippen LogP contribution < -0.4 is 5.32 Å². The van der Waals surface area contributed by atoms with Crippen LogP contribution in [0.5, 0.6) is 0 Å². The number of hydrogen-bond acceptors (Lipinski definition) is 5. The van der Waals surface area contributed by atoms with Gasteiger partial charge in [-0.05, 0) is 48.1 Å². The lowest BCUT2D eigenvalue weighted by Gasteiger charge is -2.36. The topological polar surface area (TPSA) is 55.4 Å². The van der Waals surface area contributed by atoms with Crippen LogP contribution in [0.25, 0.3) is 0 Å². The zero-order chi connectivity index (χ0) is 24.4. The van der Waals surface area contributed by atoms with Gasteiger partial charge in [0.15, 0.2) is 5.78 Å². The third-order valence-corrected chi connectivity index (χ3v) is 7.70. The summed E-state index contributed by atoms with van der Waals surface area (Å²) in [4.78, 5) is 28.1. The van der Waals surface area contributed by atoms with Gasteiger partial charge in [0.2, 0.25) is 0 Å². The van der Waals surface area contributed by atoms with Gasteiger partial charge in [0.1, 0.15) is 5.82 Å². The molecule has 178 valence electrons. The van der Waals surface area contributed by atoms with Crippen LogP contribution in [-0.2, 0) is 20.7 Å². The van der Waals surface area contributed by atoms with E-state index in [0.717, 1.165) is 11.3 Å². The van der Waals surface area contributed by atoms with E-state index in [1.54, 1.807) is 23.5 Å². The van der Waals surface area contributed by atoms with E-state index < -0.39 is 11.9 Å². The summed E-state index contributed by atoms with van der Waals surface area (Å²) >= 11 is 1.65. The van der Waals surface area contributed by atoms with Crippen molar-refractivity contribution >= 4 is 23.1 Å². The fraction of sp³-hybridized carbons (Fsp3) is 0.241. The Kier molecular flexibility index (Phi) is 6.64. The van der Waals surface area contributed by atoms with Crippen LogP contribution >= 0.6 is 11.3 Å². The Morgan fingerprint density at radius 3 is 2.54 bits per heavy atom. The van der Waals surface area contributed by atoms with Crippen molar-refractivity contribution in [2.45, 2.75) is 38.0 Å². The summed E-state index contributed by atoms with van der Waals surface area (Å²) in [7, 11) is 0. The molecule has 0 saturated carbocycles. The number of thiophene rings is 1. The van der Waals surface area contributed by atoms with E-state index in [-0.39, 0.29) is 24.1 Å². The quantitative estimate of drug-likeness (QED) is 0.431. The highest BCUT2D eigenvalue weighted by Gasteiger charge is 2.41. The van der Waals surface area contributed by atoms with Gasteiger partial charge in [-0.1, -0.05) is 48.5 Å². The molecule has 1 N–H and O–H groups in total. The second-order valence-electron chi connectivity index (χ2n) is 8.96. The van der Waals surface area contributed by atoms with E-state index in [9.17, 15) is 14.0 Å². The van der Waals surface area contributed by atoms with Gasteiger partial charge in [0, 0.05) is 46.5 Å². The number of halogens is 1. The summed E-state index contributed by atoms with van der Waals surface area (Å²) in [5.41, 5.74) is 4.29. The number of carbonyl (C=O) groups is 2. The molecule has 4 nitrogen and oxygen atoms in total. The first-order valence-electron chi connectivity index (χ1n) is 11.7. The first-order valence-corrected chi connectivity index (χ1v) is 12.6. The zero-order valence-electron chi connectivity index (χ0n) is 19.4. The molecule has 0 bridgehead atoms. The third-order valence-electron chi connectivity index (χ3n) is 6.66. The Labute approximate surface area is 208 Å². The van der Waals surface area contributed by atoms with Crippen LogP contribution in [0.2, 0.25) is 0 Å². The molecule has 1 aliphatic heterocycles. The summed E-state index contributed by atoms with van der Waals surface area (Å²) in [6, 6.07) is 19.9. The SMILES string of the molecule is CC1=C(C(=O)OCCc2ccccc2)[C@@H](c2ccc(F)cc2)C2=C(C[C@@H](c3cccs3)CC2=O)N1. The van der Waals surface area contributed by atoms with E-state index in [0.29, 0.717) is 41.7 Å². The van der Waals surface area contributed by atoms with Crippen molar-refractivity contribution in [3.63, 3.8) is 0 Å². The number of benzene rings is 2. The van der Waals surface area contributed by atoms with E-state index in [2.05, 4.69) is 11.4 Å². The summed E-state index contributed by atoms with van der Waals surface area (Å²) in [5, 5.41) is 5.38. The number of hydrogen-bond donors (Lipinski definition) is 1. The molecule has 0 spiro atoms. The van der Waals surface area contributed by atoms with E-state index in [1.807, 2.05) is 48.7 Å². The lowest BCUT2D eigenvalue weighted by molar-refractivity contribution is -0.139. The van der Waals surface area contributed by atoms with Crippen molar-refractivity contribution in [1.82, 2.24) is 5.32 Å². The third kappa shape index (κ3) is 4.84. The van der Waals surface area contributed by atoms with Crippen LogP contribution in [0.3, 0.4) is 0 Å². The number of carbonyl (C=O) groups excluding carboxylic acids is 2. The van der Waals surface area contributed by atoms with Crippen LogP contribution in [0.15, 0.2) is 94.7 Å². The molecule has 0 fully saturated rings. The van der Waals surface area contributed by atoms with Gasteiger partial charge in [-0.15, -0.1) is 11.3 Å². The van der Waals surface area contributed by atoms with Gasteiger partial charge in [0.25, 0.3) is 0 Å². The molecule has 0 amide bonds. The van der Waals surface area contributed by atoms with Crippen molar-refractivity contribution in [3.05, 3.63) is 116 Å². The molecule has 0 radical (unpaired) electrons. The number of Topliss-reactive ketones (excluding diaryl/α,β-unsaturated/α-hetero) is 1. The van der Waals surface area contributed by atoms with Crippen LogP contribution in [0, 0.1) is 5.82 Å². The molecule has 1 aromatic heterocycles. The maximum absolute atomic E-state index is 13.7. The molecule has 0 saturated heterocycles. The maximum atomic E-state index is 13.7. The van der Waals surface area contributed by atoms with Crippen molar-refractivity contribution in [3.8, 4) is 0 Å². The largest absolute Gasteiger partial charge is 0.462 e. The minimum atomic E-state index is -0.590. The molecule has 3 aromatic rings. The lowest BCUT2D eigenvalue weighted by Crippen LogP contribution is -2.36. The summed E-state index contributed by atoms with van der Waals surface area (Å²) in [6.45, 7) is 2.07. The standard InChI is InChI=1S/C29H26FNO3S/c1-18-26(29(33)34-14-13-19-6-3-2-4-7-19)27(20-9-11-22(30)12-10-20)28-23(31-18)16-21(17-24(28)32)25-8-5-15-35-25/h2-12,15,21,27,31H,13-14,16-17H2,1H3/t21-,27-/m1/s1. The average Bonchev–Trinajstić information content (AvgIpc) is 3.39. The molecule has 6 heteroatoms. The smallest absolute Gasteiger partial charge is 0.336 e. The van der Waals surface area contributed by atoms with Gasteiger partial charge in [-0.2, -0.15) is 0 Å². The highest BCUT2D eigenvalue weighted by atomic mass is 32.1. The first-order chi connectivity index (χ1) is 17.0. The van der Waals surface area contributed by atoms with Crippen molar-refractivity contribution in [1.29, 1.82) is 0 Å². The van der Waals surface area contributed by atoms with Crippen molar-refractivity contribution in [2.75, 3.05) is 6.61 Å². The van der Waals surface area contributed by atoms with Crippen LogP contribution in [0.1, 0.15) is 47.6 Å². The van der Waals surface area contributed by atoms with Gasteiger partial charge >= 0.3 is 5.97 Å².